The van der Waals surface area contributed by atoms with Gasteiger partial charge in [-0.1, -0.05) is 18.9 Å². The average molecular weight is 277 g/mol. The number of aromatic nitrogens is 5. The van der Waals surface area contributed by atoms with Crippen molar-refractivity contribution >= 4 is 12.0 Å². The minimum atomic E-state index is -0.00855. The molecule has 0 amide bonds. The molecule has 0 radical (unpaired) electrons. The standard InChI is InChI=1S/C12H19N7O/c1-5-8-9(6-2)16-18-11(14-8)15-12-19-17-10(20-12)7(3)13-4/h7,13H,5-6H2,1-4H3,(H,14,15,18,19). The van der Waals surface area contributed by atoms with E-state index in [1.165, 1.54) is 0 Å². The summed E-state index contributed by atoms with van der Waals surface area (Å²) >= 11 is 0. The molecular weight excluding hydrogens is 258 g/mol. The first kappa shape index (κ1) is 14.3. The molecule has 2 heterocycles. The van der Waals surface area contributed by atoms with E-state index < -0.39 is 0 Å². The number of anilines is 2. The van der Waals surface area contributed by atoms with E-state index in [2.05, 4.69) is 36.0 Å². The zero-order chi connectivity index (χ0) is 14.5. The first-order valence-corrected chi connectivity index (χ1v) is 6.68. The normalized spacial score (nSPS) is 12.4. The van der Waals surface area contributed by atoms with E-state index in [1.807, 2.05) is 27.8 Å². The molecular formula is C12H19N7O. The number of hydrogen-bond donors (Lipinski definition) is 2. The van der Waals surface area contributed by atoms with Crippen molar-refractivity contribution in [2.75, 3.05) is 12.4 Å². The Morgan fingerprint density at radius 2 is 1.80 bits per heavy atom. The number of rotatable bonds is 6. The molecule has 0 saturated carbocycles. The Balaban J connectivity index is 2.15. The predicted octanol–water partition coefficient (Wildman–Crippen LogP) is 1.40. The lowest BCUT2D eigenvalue weighted by Gasteiger charge is -2.05. The van der Waals surface area contributed by atoms with Crippen LogP contribution in [0.15, 0.2) is 4.42 Å². The summed E-state index contributed by atoms with van der Waals surface area (Å²) in [7, 11) is 1.83. The monoisotopic (exact) mass is 277 g/mol. The van der Waals surface area contributed by atoms with E-state index in [1.54, 1.807) is 0 Å². The second kappa shape index (κ2) is 6.38. The van der Waals surface area contributed by atoms with Crippen LogP contribution in [0.5, 0.6) is 0 Å². The van der Waals surface area contributed by atoms with E-state index in [-0.39, 0.29) is 12.1 Å². The van der Waals surface area contributed by atoms with Crippen LogP contribution in [-0.4, -0.2) is 32.4 Å². The molecule has 2 aromatic heterocycles. The number of nitrogens with one attached hydrogen (secondary N) is 2. The van der Waals surface area contributed by atoms with E-state index in [0.29, 0.717) is 11.8 Å². The highest BCUT2D eigenvalue weighted by Gasteiger charge is 2.13. The molecule has 2 rings (SSSR count). The van der Waals surface area contributed by atoms with Crippen molar-refractivity contribution in [2.24, 2.45) is 0 Å². The summed E-state index contributed by atoms with van der Waals surface area (Å²) in [5.74, 6) is 0.871. The zero-order valence-corrected chi connectivity index (χ0v) is 12.1. The molecule has 20 heavy (non-hydrogen) atoms. The highest BCUT2D eigenvalue weighted by atomic mass is 16.4. The molecule has 8 nitrogen and oxygen atoms in total. The van der Waals surface area contributed by atoms with Gasteiger partial charge in [0.25, 0.3) is 5.95 Å². The zero-order valence-electron chi connectivity index (χ0n) is 12.1. The largest absolute Gasteiger partial charge is 0.406 e. The van der Waals surface area contributed by atoms with Crippen LogP contribution < -0.4 is 10.6 Å². The Kier molecular flexibility index (Phi) is 4.57. The van der Waals surface area contributed by atoms with Gasteiger partial charge in [0.15, 0.2) is 0 Å². The molecule has 8 heteroatoms. The van der Waals surface area contributed by atoms with Crippen molar-refractivity contribution in [1.29, 1.82) is 0 Å². The number of aryl methyl sites for hydroxylation is 2. The van der Waals surface area contributed by atoms with Crippen molar-refractivity contribution in [3.8, 4) is 0 Å². The lowest BCUT2D eigenvalue weighted by Crippen LogP contribution is -2.12. The van der Waals surface area contributed by atoms with Gasteiger partial charge < -0.3 is 9.73 Å². The lowest BCUT2D eigenvalue weighted by atomic mass is 10.2. The van der Waals surface area contributed by atoms with Crippen LogP contribution in [0.1, 0.15) is 44.1 Å². The fourth-order valence-corrected chi connectivity index (χ4v) is 1.67. The molecule has 2 aromatic rings. The van der Waals surface area contributed by atoms with Crippen LogP contribution in [0.2, 0.25) is 0 Å². The van der Waals surface area contributed by atoms with E-state index in [4.69, 9.17) is 4.42 Å². The molecule has 0 aromatic carbocycles. The molecule has 2 N–H and O–H groups in total. The summed E-state index contributed by atoms with van der Waals surface area (Å²) in [6.07, 6.45) is 1.62. The highest BCUT2D eigenvalue weighted by molar-refractivity contribution is 5.39. The molecule has 108 valence electrons. The van der Waals surface area contributed by atoms with Crippen molar-refractivity contribution in [3.05, 3.63) is 17.3 Å². The Labute approximate surface area is 117 Å². The SMILES string of the molecule is CCc1nnc(Nc2nnc(C(C)NC)o2)nc1CC. The van der Waals surface area contributed by atoms with E-state index in [0.717, 1.165) is 24.2 Å². The second-order valence-corrected chi connectivity index (χ2v) is 4.32. The van der Waals surface area contributed by atoms with Gasteiger partial charge in [0, 0.05) is 0 Å². The quantitative estimate of drug-likeness (QED) is 0.817. The van der Waals surface area contributed by atoms with Gasteiger partial charge in [0.05, 0.1) is 17.4 Å². The molecule has 0 saturated heterocycles. The van der Waals surface area contributed by atoms with Crippen LogP contribution >= 0.6 is 0 Å². The molecule has 0 aliphatic rings. The van der Waals surface area contributed by atoms with Crippen molar-refractivity contribution in [1.82, 2.24) is 30.7 Å². The average Bonchev–Trinajstić information content (AvgIpc) is 2.94. The van der Waals surface area contributed by atoms with E-state index >= 15 is 0 Å². The summed E-state index contributed by atoms with van der Waals surface area (Å²) < 4.78 is 5.47. The maximum absolute atomic E-state index is 5.47. The Morgan fingerprint density at radius 3 is 2.45 bits per heavy atom. The number of hydrogen-bond acceptors (Lipinski definition) is 8. The van der Waals surface area contributed by atoms with Gasteiger partial charge in [-0.05, 0) is 26.8 Å². The smallest absolute Gasteiger partial charge is 0.322 e. The Hall–Kier alpha value is -2.09. The van der Waals surface area contributed by atoms with Crippen molar-refractivity contribution in [2.45, 2.75) is 39.7 Å². The third-order valence-corrected chi connectivity index (χ3v) is 2.97. The molecule has 1 unspecified atom stereocenters. The van der Waals surface area contributed by atoms with Crippen LogP contribution in [0.4, 0.5) is 12.0 Å². The van der Waals surface area contributed by atoms with Gasteiger partial charge in [-0.2, -0.15) is 0 Å². The summed E-state index contributed by atoms with van der Waals surface area (Å²) in [5, 5.41) is 21.9. The topological polar surface area (TPSA) is 102 Å². The number of nitrogens with zero attached hydrogens (tertiary/aromatic N) is 5. The molecule has 0 bridgehead atoms. The Bertz CT molecular complexity index is 569. The molecule has 0 fully saturated rings. The predicted molar refractivity (Wildman–Crippen MR) is 73.6 cm³/mol. The van der Waals surface area contributed by atoms with Crippen LogP contribution in [-0.2, 0) is 12.8 Å². The first-order valence-electron chi connectivity index (χ1n) is 6.68. The third kappa shape index (κ3) is 3.08. The fourth-order valence-electron chi connectivity index (χ4n) is 1.67. The summed E-state index contributed by atoms with van der Waals surface area (Å²) in [6.45, 7) is 5.99. The van der Waals surface area contributed by atoms with Crippen molar-refractivity contribution < 1.29 is 4.42 Å². The fraction of sp³-hybridized carbons (Fsp3) is 0.583. The Morgan fingerprint density at radius 1 is 1.05 bits per heavy atom. The van der Waals surface area contributed by atoms with Gasteiger partial charge in [-0.3, -0.25) is 5.32 Å². The maximum Gasteiger partial charge on any atom is 0.322 e. The van der Waals surface area contributed by atoms with Crippen LogP contribution in [0.25, 0.3) is 0 Å². The molecule has 0 aliphatic heterocycles. The third-order valence-electron chi connectivity index (χ3n) is 2.97. The summed E-state index contributed by atoms with van der Waals surface area (Å²) in [6, 6.07) is 0.251. The molecule has 0 aliphatic carbocycles. The second-order valence-electron chi connectivity index (χ2n) is 4.32. The summed E-state index contributed by atoms with van der Waals surface area (Å²) in [5.41, 5.74) is 1.83. The first-order chi connectivity index (χ1) is 9.67. The van der Waals surface area contributed by atoms with Gasteiger partial charge >= 0.3 is 6.01 Å². The minimum Gasteiger partial charge on any atom is -0.406 e. The van der Waals surface area contributed by atoms with Gasteiger partial charge in [0.2, 0.25) is 5.89 Å². The van der Waals surface area contributed by atoms with Crippen molar-refractivity contribution in [3.63, 3.8) is 0 Å². The van der Waals surface area contributed by atoms with E-state index in [9.17, 15) is 0 Å². The maximum atomic E-state index is 5.47. The molecule has 1 atom stereocenters. The minimum absolute atomic E-state index is 0.00855. The van der Waals surface area contributed by atoms with Gasteiger partial charge in [-0.15, -0.1) is 15.3 Å². The lowest BCUT2D eigenvalue weighted by molar-refractivity contribution is 0.443. The molecule has 0 spiro atoms. The van der Waals surface area contributed by atoms with Crippen LogP contribution in [0.3, 0.4) is 0 Å². The summed E-state index contributed by atoms with van der Waals surface area (Å²) in [4.78, 5) is 4.40. The van der Waals surface area contributed by atoms with Gasteiger partial charge in [0.1, 0.15) is 0 Å². The van der Waals surface area contributed by atoms with Crippen LogP contribution in [0, 0.1) is 0 Å². The highest BCUT2D eigenvalue weighted by Crippen LogP contribution is 2.16. The van der Waals surface area contributed by atoms with Gasteiger partial charge in [-0.25, -0.2) is 4.98 Å².